The number of amides is 1. The van der Waals surface area contributed by atoms with Crippen molar-refractivity contribution in [3.05, 3.63) is 112 Å². The Balaban J connectivity index is 1.52. The van der Waals surface area contributed by atoms with Crippen molar-refractivity contribution in [2.24, 2.45) is 0 Å². The summed E-state index contributed by atoms with van der Waals surface area (Å²) in [7, 11) is 0. The van der Waals surface area contributed by atoms with Gasteiger partial charge in [0.2, 0.25) is 0 Å². The summed E-state index contributed by atoms with van der Waals surface area (Å²) in [6, 6.07) is 24.2. The Kier molecular flexibility index (Phi) is 5.13. The molecule has 1 amide bonds. The van der Waals surface area contributed by atoms with Crippen LogP contribution >= 0.6 is 0 Å². The van der Waals surface area contributed by atoms with E-state index < -0.39 is 0 Å². The first-order valence-electron chi connectivity index (χ1n) is 10.2. The molecule has 32 heavy (non-hydrogen) atoms. The van der Waals surface area contributed by atoms with Crippen LogP contribution in [-0.4, -0.2) is 30.7 Å². The predicted molar refractivity (Wildman–Crippen MR) is 122 cm³/mol. The molecule has 7 nitrogen and oxygen atoms in total. The molecule has 2 heterocycles. The SMILES string of the molecule is O=C(c1cnc2ccccc2n1)N(Cc1ccccc1)Cc1nc2ccccc2c(=O)[nH]1. The first-order chi connectivity index (χ1) is 15.7. The fourth-order valence-electron chi connectivity index (χ4n) is 3.62. The molecule has 0 aliphatic heterocycles. The Labute approximate surface area is 183 Å². The first kappa shape index (κ1) is 19.6. The van der Waals surface area contributed by atoms with Crippen LogP contribution in [0, 0.1) is 0 Å². The van der Waals surface area contributed by atoms with Crippen LogP contribution in [0.3, 0.4) is 0 Å². The Morgan fingerprint density at radius 3 is 2.28 bits per heavy atom. The fraction of sp³-hybridized carbons (Fsp3) is 0.0800. The zero-order chi connectivity index (χ0) is 21.9. The van der Waals surface area contributed by atoms with Crippen molar-refractivity contribution < 1.29 is 4.79 Å². The van der Waals surface area contributed by atoms with Crippen LogP contribution in [0.25, 0.3) is 21.9 Å². The van der Waals surface area contributed by atoms with Crippen LogP contribution in [0.4, 0.5) is 0 Å². The number of aromatic nitrogens is 4. The number of carbonyl (C=O) groups excluding carboxylic acids is 1. The normalized spacial score (nSPS) is 11.0. The second kappa shape index (κ2) is 8.39. The van der Waals surface area contributed by atoms with Crippen LogP contribution in [-0.2, 0) is 13.1 Å². The van der Waals surface area contributed by atoms with E-state index in [4.69, 9.17) is 0 Å². The Morgan fingerprint density at radius 2 is 1.47 bits per heavy atom. The number of nitrogens with zero attached hydrogens (tertiary/aromatic N) is 4. The van der Waals surface area contributed by atoms with Gasteiger partial charge < -0.3 is 9.88 Å². The van der Waals surface area contributed by atoms with Gasteiger partial charge in [0.15, 0.2) is 0 Å². The third-order valence-corrected chi connectivity index (χ3v) is 5.17. The average molecular weight is 421 g/mol. The highest BCUT2D eigenvalue weighted by Crippen LogP contribution is 2.15. The van der Waals surface area contributed by atoms with Gasteiger partial charge in [0.05, 0.1) is 34.7 Å². The standard InChI is InChI=1S/C25H19N5O2/c31-24-18-10-4-5-11-19(18)28-23(29-24)16-30(15-17-8-2-1-3-9-17)25(32)22-14-26-20-12-6-7-13-21(20)27-22/h1-14H,15-16H2,(H,28,29,31). The van der Waals surface area contributed by atoms with Crippen molar-refractivity contribution in [3.63, 3.8) is 0 Å². The third-order valence-electron chi connectivity index (χ3n) is 5.17. The second-order valence-corrected chi connectivity index (χ2v) is 7.42. The Hall–Kier alpha value is -4.39. The first-order valence-corrected chi connectivity index (χ1v) is 10.2. The molecular formula is C25H19N5O2. The van der Waals surface area contributed by atoms with Crippen molar-refractivity contribution in [1.29, 1.82) is 0 Å². The molecule has 0 saturated heterocycles. The van der Waals surface area contributed by atoms with Gasteiger partial charge in [0.1, 0.15) is 11.5 Å². The minimum atomic E-state index is -0.289. The van der Waals surface area contributed by atoms with Gasteiger partial charge in [-0.25, -0.2) is 9.97 Å². The number of para-hydroxylation sites is 3. The molecule has 156 valence electrons. The monoisotopic (exact) mass is 421 g/mol. The fourth-order valence-corrected chi connectivity index (χ4v) is 3.62. The van der Waals surface area contributed by atoms with Crippen LogP contribution in [0.15, 0.2) is 89.9 Å². The van der Waals surface area contributed by atoms with Crippen molar-refractivity contribution in [1.82, 2.24) is 24.8 Å². The smallest absolute Gasteiger partial charge is 0.274 e. The van der Waals surface area contributed by atoms with Gasteiger partial charge in [-0.1, -0.05) is 54.6 Å². The predicted octanol–water partition coefficient (Wildman–Crippen LogP) is 3.71. The molecule has 0 saturated carbocycles. The van der Waals surface area contributed by atoms with E-state index in [-0.39, 0.29) is 23.7 Å². The Bertz CT molecular complexity index is 1480. The molecule has 7 heteroatoms. The molecule has 0 radical (unpaired) electrons. The van der Waals surface area contributed by atoms with E-state index in [0.29, 0.717) is 28.8 Å². The number of rotatable bonds is 5. The molecular weight excluding hydrogens is 402 g/mol. The summed E-state index contributed by atoms with van der Waals surface area (Å²) in [5.41, 5.74) is 2.92. The van der Waals surface area contributed by atoms with E-state index in [1.165, 1.54) is 6.20 Å². The van der Waals surface area contributed by atoms with Crippen LogP contribution in [0.1, 0.15) is 21.9 Å². The van der Waals surface area contributed by atoms with E-state index >= 15 is 0 Å². The number of hydrogen-bond acceptors (Lipinski definition) is 5. The molecule has 0 atom stereocenters. The van der Waals surface area contributed by atoms with E-state index in [2.05, 4.69) is 19.9 Å². The van der Waals surface area contributed by atoms with Crippen LogP contribution in [0.5, 0.6) is 0 Å². The number of carbonyl (C=O) groups is 1. The maximum absolute atomic E-state index is 13.4. The quantitative estimate of drug-likeness (QED) is 0.467. The van der Waals surface area contributed by atoms with Gasteiger partial charge >= 0.3 is 0 Å². The van der Waals surface area contributed by atoms with E-state index in [0.717, 1.165) is 11.1 Å². The number of nitrogens with one attached hydrogen (secondary N) is 1. The van der Waals surface area contributed by atoms with Crippen LogP contribution < -0.4 is 5.56 Å². The summed E-state index contributed by atoms with van der Waals surface area (Å²) in [4.78, 5) is 43.8. The van der Waals surface area contributed by atoms with Gasteiger partial charge in [0.25, 0.3) is 11.5 Å². The van der Waals surface area contributed by atoms with Gasteiger partial charge in [-0.05, 0) is 29.8 Å². The molecule has 5 rings (SSSR count). The van der Waals surface area contributed by atoms with E-state index in [9.17, 15) is 9.59 Å². The third kappa shape index (κ3) is 3.96. The summed E-state index contributed by atoms with van der Waals surface area (Å²) < 4.78 is 0. The molecule has 0 unspecified atom stereocenters. The molecule has 1 N–H and O–H groups in total. The lowest BCUT2D eigenvalue weighted by Crippen LogP contribution is -2.32. The van der Waals surface area contributed by atoms with E-state index in [1.807, 2.05) is 60.7 Å². The lowest BCUT2D eigenvalue weighted by Gasteiger charge is -2.22. The average Bonchev–Trinajstić information content (AvgIpc) is 2.83. The van der Waals surface area contributed by atoms with Gasteiger partial charge in [-0.2, -0.15) is 0 Å². The molecule has 5 aromatic rings. The van der Waals surface area contributed by atoms with Crippen molar-refractivity contribution >= 4 is 27.8 Å². The highest BCUT2D eigenvalue weighted by atomic mass is 16.2. The minimum Gasteiger partial charge on any atom is -0.325 e. The lowest BCUT2D eigenvalue weighted by molar-refractivity contribution is 0.0719. The molecule has 2 aromatic heterocycles. The number of hydrogen-bond donors (Lipinski definition) is 1. The number of fused-ring (bicyclic) bond motifs is 2. The summed E-state index contributed by atoms with van der Waals surface area (Å²) in [6.07, 6.45) is 1.49. The molecule has 0 aliphatic rings. The minimum absolute atomic E-state index is 0.127. The summed E-state index contributed by atoms with van der Waals surface area (Å²) >= 11 is 0. The summed E-state index contributed by atoms with van der Waals surface area (Å²) in [5, 5.41) is 0.512. The second-order valence-electron chi connectivity index (χ2n) is 7.42. The van der Waals surface area contributed by atoms with Crippen LogP contribution in [0.2, 0.25) is 0 Å². The number of benzene rings is 3. The molecule has 0 aliphatic carbocycles. The number of H-pyrrole nitrogens is 1. The maximum Gasteiger partial charge on any atom is 0.274 e. The topological polar surface area (TPSA) is 91.8 Å². The van der Waals surface area contributed by atoms with E-state index in [1.54, 1.807) is 23.1 Å². The zero-order valence-electron chi connectivity index (χ0n) is 17.1. The maximum atomic E-state index is 13.4. The highest BCUT2D eigenvalue weighted by Gasteiger charge is 2.20. The van der Waals surface area contributed by atoms with Gasteiger partial charge in [-0.3, -0.25) is 14.6 Å². The van der Waals surface area contributed by atoms with Crippen molar-refractivity contribution in [2.45, 2.75) is 13.1 Å². The van der Waals surface area contributed by atoms with Gasteiger partial charge in [0, 0.05) is 6.54 Å². The highest BCUT2D eigenvalue weighted by molar-refractivity contribution is 5.93. The summed E-state index contributed by atoms with van der Waals surface area (Å²) in [5.74, 6) is 0.120. The Morgan fingerprint density at radius 1 is 0.781 bits per heavy atom. The molecule has 0 fully saturated rings. The van der Waals surface area contributed by atoms with Crippen molar-refractivity contribution in [3.8, 4) is 0 Å². The summed E-state index contributed by atoms with van der Waals surface area (Å²) in [6.45, 7) is 0.465. The largest absolute Gasteiger partial charge is 0.325 e. The van der Waals surface area contributed by atoms with Gasteiger partial charge in [-0.15, -0.1) is 0 Å². The molecule has 0 bridgehead atoms. The zero-order valence-corrected chi connectivity index (χ0v) is 17.1. The van der Waals surface area contributed by atoms with Crippen molar-refractivity contribution in [2.75, 3.05) is 0 Å². The number of aromatic amines is 1. The molecule has 0 spiro atoms. The molecule has 3 aromatic carbocycles. The lowest BCUT2D eigenvalue weighted by atomic mass is 10.2.